The van der Waals surface area contributed by atoms with Gasteiger partial charge in [0.15, 0.2) is 0 Å². The zero-order chi connectivity index (χ0) is 16.1. The monoisotopic (exact) mass is 318 g/mol. The van der Waals surface area contributed by atoms with Crippen molar-refractivity contribution < 1.29 is 4.74 Å². The SMILES string of the molecule is CCCc1cnc(C)nc1N1CCC(NC2CCOCC2)CC1. The average Bonchev–Trinajstić information content (AvgIpc) is 2.58. The number of ether oxygens (including phenoxy) is 1. The minimum Gasteiger partial charge on any atom is -0.381 e. The molecule has 2 aliphatic heterocycles. The van der Waals surface area contributed by atoms with Gasteiger partial charge in [0.25, 0.3) is 0 Å². The molecule has 23 heavy (non-hydrogen) atoms. The molecule has 0 atom stereocenters. The minimum absolute atomic E-state index is 0.645. The second-order valence-electron chi connectivity index (χ2n) is 6.83. The largest absolute Gasteiger partial charge is 0.381 e. The van der Waals surface area contributed by atoms with Crippen molar-refractivity contribution in [3.8, 4) is 0 Å². The van der Waals surface area contributed by atoms with Crippen LogP contribution >= 0.6 is 0 Å². The van der Waals surface area contributed by atoms with Crippen LogP contribution in [-0.2, 0) is 11.2 Å². The molecule has 1 N–H and O–H groups in total. The van der Waals surface area contributed by atoms with Gasteiger partial charge in [-0.15, -0.1) is 0 Å². The van der Waals surface area contributed by atoms with Gasteiger partial charge in [0.1, 0.15) is 11.6 Å². The van der Waals surface area contributed by atoms with E-state index in [4.69, 9.17) is 9.72 Å². The Morgan fingerprint density at radius 1 is 1.17 bits per heavy atom. The van der Waals surface area contributed by atoms with E-state index >= 15 is 0 Å². The fourth-order valence-electron chi connectivity index (χ4n) is 3.66. The van der Waals surface area contributed by atoms with Crippen LogP contribution < -0.4 is 10.2 Å². The molecule has 5 nitrogen and oxygen atoms in total. The number of anilines is 1. The molecule has 0 radical (unpaired) electrons. The van der Waals surface area contributed by atoms with E-state index in [1.165, 1.54) is 24.2 Å². The standard InChI is InChI=1S/C18H30N4O/c1-3-4-15-13-19-14(2)20-18(15)22-9-5-16(6-10-22)21-17-7-11-23-12-8-17/h13,16-17,21H,3-12H2,1-2H3. The molecule has 0 unspecified atom stereocenters. The van der Waals surface area contributed by atoms with Crippen molar-refractivity contribution in [2.24, 2.45) is 0 Å². The summed E-state index contributed by atoms with van der Waals surface area (Å²) in [6.07, 6.45) is 8.94. The first-order chi connectivity index (χ1) is 11.3. The minimum atomic E-state index is 0.645. The first-order valence-electron chi connectivity index (χ1n) is 9.17. The van der Waals surface area contributed by atoms with Crippen LogP contribution in [0.25, 0.3) is 0 Å². The van der Waals surface area contributed by atoms with Crippen LogP contribution in [0.2, 0.25) is 0 Å². The maximum absolute atomic E-state index is 5.45. The Morgan fingerprint density at radius 2 is 1.87 bits per heavy atom. The van der Waals surface area contributed by atoms with Gasteiger partial charge in [-0.1, -0.05) is 13.3 Å². The van der Waals surface area contributed by atoms with Gasteiger partial charge in [-0.3, -0.25) is 0 Å². The third-order valence-electron chi connectivity index (χ3n) is 4.97. The van der Waals surface area contributed by atoms with E-state index in [0.29, 0.717) is 12.1 Å². The Kier molecular flexibility index (Phi) is 5.84. The molecule has 0 amide bonds. The van der Waals surface area contributed by atoms with Crippen molar-refractivity contribution >= 4 is 5.82 Å². The molecule has 0 saturated carbocycles. The van der Waals surface area contributed by atoms with Crippen LogP contribution in [0.4, 0.5) is 5.82 Å². The highest BCUT2D eigenvalue weighted by Gasteiger charge is 2.24. The van der Waals surface area contributed by atoms with Crippen LogP contribution in [0.3, 0.4) is 0 Å². The van der Waals surface area contributed by atoms with E-state index in [2.05, 4.69) is 22.1 Å². The molecular weight excluding hydrogens is 288 g/mol. The number of aromatic nitrogens is 2. The first-order valence-corrected chi connectivity index (χ1v) is 9.17. The lowest BCUT2D eigenvalue weighted by Crippen LogP contribution is -2.48. The molecule has 2 saturated heterocycles. The fraction of sp³-hybridized carbons (Fsp3) is 0.778. The summed E-state index contributed by atoms with van der Waals surface area (Å²) in [6, 6.07) is 1.30. The molecule has 128 valence electrons. The highest BCUT2D eigenvalue weighted by molar-refractivity contribution is 5.46. The first kappa shape index (κ1) is 16.7. The summed E-state index contributed by atoms with van der Waals surface area (Å²) in [6.45, 7) is 8.21. The number of aryl methyl sites for hydroxylation is 2. The molecule has 0 bridgehead atoms. The fourth-order valence-corrected chi connectivity index (χ4v) is 3.66. The van der Waals surface area contributed by atoms with Crippen molar-refractivity contribution in [3.05, 3.63) is 17.6 Å². The van der Waals surface area contributed by atoms with Crippen LogP contribution in [0.5, 0.6) is 0 Å². The second-order valence-corrected chi connectivity index (χ2v) is 6.83. The maximum atomic E-state index is 5.45. The third kappa shape index (κ3) is 4.42. The van der Waals surface area contributed by atoms with Crippen molar-refractivity contribution in [1.29, 1.82) is 0 Å². The van der Waals surface area contributed by atoms with Crippen molar-refractivity contribution in [1.82, 2.24) is 15.3 Å². The van der Waals surface area contributed by atoms with Gasteiger partial charge < -0.3 is 15.0 Å². The zero-order valence-electron chi connectivity index (χ0n) is 14.6. The van der Waals surface area contributed by atoms with Gasteiger partial charge in [0, 0.05) is 50.1 Å². The molecule has 3 rings (SSSR count). The molecule has 5 heteroatoms. The molecule has 1 aromatic heterocycles. The van der Waals surface area contributed by atoms with Gasteiger partial charge >= 0.3 is 0 Å². The van der Waals surface area contributed by atoms with Crippen LogP contribution in [0, 0.1) is 6.92 Å². The summed E-state index contributed by atoms with van der Waals surface area (Å²) in [5.74, 6) is 2.05. The van der Waals surface area contributed by atoms with E-state index in [0.717, 1.165) is 57.8 Å². The van der Waals surface area contributed by atoms with Gasteiger partial charge in [0.05, 0.1) is 0 Å². The molecule has 2 fully saturated rings. The number of rotatable bonds is 5. The highest BCUT2D eigenvalue weighted by atomic mass is 16.5. The lowest BCUT2D eigenvalue weighted by molar-refractivity contribution is 0.0738. The zero-order valence-corrected chi connectivity index (χ0v) is 14.6. The van der Waals surface area contributed by atoms with E-state index in [1.807, 2.05) is 13.1 Å². The van der Waals surface area contributed by atoms with Crippen molar-refractivity contribution in [2.75, 3.05) is 31.2 Å². The molecular formula is C18H30N4O. The summed E-state index contributed by atoms with van der Waals surface area (Å²) < 4.78 is 5.45. The predicted molar refractivity (Wildman–Crippen MR) is 93.0 cm³/mol. The van der Waals surface area contributed by atoms with Gasteiger partial charge in [0.2, 0.25) is 0 Å². The van der Waals surface area contributed by atoms with E-state index in [1.54, 1.807) is 0 Å². The Morgan fingerprint density at radius 3 is 2.57 bits per heavy atom. The van der Waals surface area contributed by atoms with Crippen LogP contribution in [-0.4, -0.2) is 48.4 Å². The van der Waals surface area contributed by atoms with Crippen LogP contribution in [0.1, 0.15) is 50.4 Å². The lowest BCUT2D eigenvalue weighted by Gasteiger charge is -2.36. The summed E-state index contributed by atoms with van der Waals surface area (Å²) in [5.41, 5.74) is 1.30. The second kappa shape index (κ2) is 8.06. The van der Waals surface area contributed by atoms with E-state index < -0.39 is 0 Å². The Bertz CT molecular complexity index is 494. The topological polar surface area (TPSA) is 50.3 Å². The molecule has 0 aliphatic carbocycles. The quantitative estimate of drug-likeness (QED) is 0.904. The normalized spacial score (nSPS) is 20.9. The Labute approximate surface area is 139 Å². The molecule has 1 aromatic rings. The number of hydrogen-bond donors (Lipinski definition) is 1. The van der Waals surface area contributed by atoms with Gasteiger partial charge in [-0.2, -0.15) is 0 Å². The third-order valence-corrected chi connectivity index (χ3v) is 4.97. The van der Waals surface area contributed by atoms with Crippen molar-refractivity contribution in [2.45, 2.75) is 64.5 Å². The summed E-state index contributed by atoms with van der Waals surface area (Å²) in [7, 11) is 0. The highest BCUT2D eigenvalue weighted by Crippen LogP contribution is 2.23. The van der Waals surface area contributed by atoms with E-state index in [9.17, 15) is 0 Å². The van der Waals surface area contributed by atoms with Crippen molar-refractivity contribution in [3.63, 3.8) is 0 Å². The van der Waals surface area contributed by atoms with Crippen LogP contribution in [0.15, 0.2) is 6.20 Å². The number of piperidine rings is 1. The molecule has 3 heterocycles. The average molecular weight is 318 g/mol. The number of nitrogens with zero attached hydrogens (tertiary/aromatic N) is 3. The summed E-state index contributed by atoms with van der Waals surface area (Å²) >= 11 is 0. The number of nitrogens with one attached hydrogen (secondary N) is 1. The molecule has 0 aromatic carbocycles. The summed E-state index contributed by atoms with van der Waals surface area (Å²) in [4.78, 5) is 11.6. The summed E-state index contributed by atoms with van der Waals surface area (Å²) in [5, 5.41) is 3.84. The Balaban J connectivity index is 1.57. The molecule has 0 spiro atoms. The van der Waals surface area contributed by atoms with Gasteiger partial charge in [-0.05, 0) is 39.0 Å². The lowest BCUT2D eigenvalue weighted by atomic mass is 10.0. The van der Waals surface area contributed by atoms with Gasteiger partial charge in [-0.25, -0.2) is 9.97 Å². The smallest absolute Gasteiger partial charge is 0.135 e. The van der Waals surface area contributed by atoms with E-state index in [-0.39, 0.29) is 0 Å². The predicted octanol–water partition coefficient (Wildman–Crippen LogP) is 2.47. The molecule has 2 aliphatic rings. The number of hydrogen-bond acceptors (Lipinski definition) is 5. The Hall–Kier alpha value is -1.20. The maximum Gasteiger partial charge on any atom is 0.135 e.